The SMILES string of the molecule is CC(C)Cc1nc(CC2CN(C)CCN2C)[nH]c(=O)c1Br. The van der Waals surface area contributed by atoms with Crippen molar-refractivity contribution in [2.75, 3.05) is 33.7 Å². The van der Waals surface area contributed by atoms with E-state index in [1.807, 2.05) is 0 Å². The molecule has 1 saturated heterocycles. The van der Waals surface area contributed by atoms with Crippen molar-refractivity contribution in [1.29, 1.82) is 0 Å². The molecule has 118 valence electrons. The fraction of sp³-hybridized carbons (Fsp3) is 0.733. The number of hydrogen-bond donors (Lipinski definition) is 1. The highest BCUT2D eigenvalue weighted by atomic mass is 79.9. The van der Waals surface area contributed by atoms with Crippen molar-refractivity contribution in [3.05, 3.63) is 26.3 Å². The first-order valence-electron chi connectivity index (χ1n) is 7.53. The Kier molecular flexibility index (Phi) is 5.57. The van der Waals surface area contributed by atoms with E-state index in [2.05, 4.69) is 63.6 Å². The van der Waals surface area contributed by atoms with Crippen molar-refractivity contribution in [1.82, 2.24) is 19.8 Å². The summed E-state index contributed by atoms with van der Waals surface area (Å²) in [5, 5.41) is 0. The van der Waals surface area contributed by atoms with E-state index >= 15 is 0 Å². The van der Waals surface area contributed by atoms with Crippen LogP contribution in [0.1, 0.15) is 25.4 Å². The number of likely N-dealkylation sites (N-methyl/N-ethyl adjacent to an activating group) is 2. The molecule has 1 fully saturated rings. The van der Waals surface area contributed by atoms with Crippen LogP contribution < -0.4 is 5.56 Å². The number of hydrogen-bond acceptors (Lipinski definition) is 4. The molecule has 1 aliphatic heterocycles. The van der Waals surface area contributed by atoms with Crippen molar-refractivity contribution < 1.29 is 0 Å². The van der Waals surface area contributed by atoms with Crippen molar-refractivity contribution in [3.8, 4) is 0 Å². The zero-order valence-electron chi connectivity index (χ0n) is 13.3. The minimum Gasteiger partial charge on any atom is -0.310 e. The van der Waals surface area contributed by atoms with Crippen molar-refractivity contribution in [2.24, 2.45) is 5.92 Å². The monoisotopic (exact) mass is 356 g/mol. The molecule has 1 aromatic heterocycles. The van der Waals surface area contributed by atoms with Gasteiger partial charge in [-0.2, -0.15) is 0 Å². The highest BCUT2D eigenvalue weighted by Crippen LogP contribution is 2.15. The number of piperazine rings is 1. The first kappa shape index (κ1) is 16.6. The second kappa shape index (κ2) is 7.03. The predicted octanol–water partition coefficient (Wildman–Crippen LogP) is 1.52. The second-order valence-electron chi connectivity index (χ2n) is 6.47. The first-order valence-corrected chi connectivity index (χ1v) is 8.32. The summed E-state index contributed by atoms with van der Waals surface area (Å²) in [6.07, 6.45) is 1.60. The summed E-state index contributed by atoms with van der Waals surface area (Å²) in [5.74, 6) is 1.28. The third kappa shape index (κ3) is 4.37. The first-order chi connectivity index (χ1) is 9.86. The Morgan fingerprint density at radius 3 is 2.76 bits per heavy atom. The highest BCUT2D eigenvalue weighted by molar-refractivity contribution is 9.10. The fourth-order valence-corrected chi connectivity index (χ4v) is 3.07. The molecule has 1 atom stereocenters. The van der Waals surface area contributed by atoms with Gasteiger partial charge >= 0.3 is 0 Å². The number of nitrogens with zero attached hydrogens (tertiary/aromatic N) is 3. The number of aromatic amines is 1. The van der Waals surface area contributed by atoms with Gasteiger partial charge in [-0.15, -0.1) is 0 Å². The molecule has 21 heavy (non-hydrogen) atoms. The summed E-state index contributed by atoms with van der Waals surface area (Å²) in [6, 6.07) is 0.403. The number of aromatic nitrogens is 2. The van der Waals surface area contributed by atoms with E-state index in [-0.39, 0.29) is 5.56 Å². The Morgan fingerprint density at radius 1 is 1.38 bits per heavy atom. The van der Waals surface area contributed by atoms with Crippen LogP contribution >= 0.6 is 15.9 Å². The van der Waals surface area contributed by atoms with E-state index in [9.17, 15) is 4.79 Å². The maximum Gasteiger partial charge on any atom is 0.265 e. The molecule has 0 aliphatic carbocycles. The largest absolute Gasteiger partial charge is 0.310 e. The Labute approximate surface area is 134 Å². The van der Waals surface area contributed by atoms with E-state index in [4.69, 9.17) is 0 Å². The Hall–Kier alpha value is -0.720. The summed E-state index contributed by atoms with van der Waals surface area (Å²) in [7, 11) is 4.28. The summed E-state index contributed by atoms with van der Waals surface area (Å²) in [4.78, 5) is 24.3. The topological polar surface area (TPSA) is 52.2 Å². The van der Waals surface area contributed by atoms with Crippen LogP contribution in [0.4, 0.5) is 0 Å². The van der Waals surface area contributed by atoms with Gasteiger partial charge in [0.1, 0.15) is 10.3 Å². The minimum absolute atomic E-state index is 0.0672. The van der Waals surface area contributed by atoms with Gasteiger partial charge in [-0.3, -0.25) is 4.79 Å². The third-order valence-electron chi connectivity index (χ3n) is 3.99. The maximum atomic E-state index is 12.1. The summed E-state index contributed by atoms with van der Waals surface area (Å²) in [6.45, 7) is 7.43. The molecule has 0 amide bonds. The molecule has 0 radical (unpaired) electrons. The fourth-order valence-electron chi connectivity index (χ4n) is 2.72. The maximum absolute atomic E-state index is 12.1. The minimum atomic E-state index is -0.0672. The lowest BCUT2D eigenvalue weighted by Gasteiger charge is -2.37. The predicted molar refractivity (Wildman–Crippen MR) is 88.7 cm³/mol. The van der Waals surface area contributed by atoms with Gasteiger partial charge < -0.3 is 14.8 Å². The second-order valence-corrected chi connectivity index (χ2v) is 7.27. The van der Waals surface area contributed by atoms with E-state index in [1.165, 1.54) is 0 Å². The molecule has 0 spiro atoms. The average Bonchev–Trinajstić information content (AvgIpc) is 2.39. The lowest BCUT2D eigenvalue weighted by Crippen LogP contribution is -2.51. The van der Waals surface area contributed by atoms with Gasteiger partial charge in [0.2, 0.25) is 0 Å². The van der Waals surface area contributed by atoms with Crippen molar-refractivity contribution >= 4 is 15.9 Å². The van der Waals surface area contributed by atoms with Crippen LogP contribution in [0.3, 0.4) is 0 Å². The Morgan fingerprint density at radius 2 is 2.10 bits per heavy atom. The molecular weight excluding hydrogens is 332 g/mol. The summed E-state index contributed by atoms with van der Waals surface area (Å²) in [5.41, 5.74) is 0.804. The van der Waals surface area contributed by atoms with Crippen LogP contribution in [0.2, 0.25) is 0 Å². The lowest BCUT2D eigenvalue weighted by atomic mass is 10.1. The number of rotatable bonds is 4. The van der Waals surface area contributed by atoms with Gasteiger partial charge in [0.25, 0.3) is 5.56 Å². The molecule has 1 unspecified atom stereocenters. The highest BCUT2D eigenvalue weighted by Gasteiger charge is 2.23. The molecule has 5 nitrogen and oxygen atoms in total. The van der Waals surface area contributed by atoms with Crippen LogP contribution in [0.15, 0.2) is 9.27 Å². The molecular formula is C15H25BrN4O. The number of nitrogens with one attached hydrogen (secondary N) is 1. The standard InChI is InChI=1S/C15H25BrN4O/c1-10(2)7-12-14(16)15(21)18-13(17-12)8-11-9-19(3)5-6-20(11)4/h10-11H,5-9H2,1-4H3,(H,17,18,21). The summed E-state index contributed by atoms with van der Waals surface area (Å²) < 4.78 is 0.578. The quantitative estimate of drug-likeness (QED) is 0.888. The van der Waals surface area contributed by atoms with E-state index < -0.39 is 0 Å². The molecule has 2 heterocycles. The van der Waals surface area contributed by atoms with Crippen LogP contribution in [0.5, 0.6) is 0 Å². The summed E-state index contributed by atoms with van der Waals surface area (Å²) >= 11 is 3.36. The average molecular weight is 357 g/mol. The van der Waals surface area contributed by atoms with E-state index in [0.29, 0.717) is 16.4 Å². The van der Waals surface area contributed by atoms with E-state index in [0.717, 1.165) is 44.0 Å². The van der Waals surface area contributed by atoms with E-state index in [1.54, 1.807) is 0 Å². The van der Waals surface area contributed by atoms with Gasteiger partial charge in [-0.25, -0.2) is 4.98 Å². The van der Waals surface area contributed by atoms with Crippen LogP contribution in [0, 0.1) is 5.92 Å². The lowest BCUT2D eigenvalue weighted by molar-refractivity contribution is 0.113. The molecule has 2 rings (SSSR count). The number of halogens is 1. The van der Waals surface area contributed by atoms with Crippen LogP contribution in [-0.2, 0) is 12.8 Å². The third-order valence-corrected chi connectivity index (χ3v) is 4.81. The van der Waals surface area contributed by atoms with Crippen LogP contribution in [0.25, 0.3) is 0 Å². The molecule has 0 bridgehead atoms. The van der Waals surface area contributed by atoms with Crippen molar-refractivity contribution in [3.63, 3.8) is 0 Å². The van der Waals surface area contributed by atoms with Gasteiger partial charge in [0.15, 0.2) is 0 Å². The number of H-pyrrole nitrogens is 1. The Bertz CT molecular complexity index is 543. The van der Waals surface area contributed by atoms with Gasteiger partial charge in [-0.1, -0.05) is 13.8 Å². The smallest absolute Gasteiger partial charge is 0.265 e. The molecule has 1 aromatic rings. The van der Waals surface area contributed by atoms with Crippen LogP contribution in [-0.4, -0.2) is 59.5 Å². The van der Waals surface area contributed by atoms with Crippen molar-refractivity contribution in [2.45, 2.75) is 32.7 Å². The molecule has 1 aliphatic rings. The van der Waals surface area contributed by atoms with Gasteiger partial charge in [0, 0.05) is 32.1 Å². The zero-order valence-corrected chi connectivity index (χ0v) is 14.9. The normalized spacial score (nSPS) is 21.1. The van der Waals surface area contributed by atoms with Gasteiger partial charge in [-0.05, 0) is 42.4 Å². The molecule has 6 heteroatoms. The molecule has 0 saturated carbocycles. The van der Waals surface area contributed by atoms with Gasteiger partial charge in [0.05, 0.1) is 5.69 Å². The zero-order chi connectivity index (χ0) is 15.6. The molecule has 0 aromatic carbocycles. The molecule has 1 N–H and O–H groups in total. The Balaban J connectivity index is 2.19.